The maximum absolute atomic E-state index is 13.0. The summed E-state index contributed by atoms with van der Waals surface area (Å²) in [7, 11) is 0. The first kappa shape index (κ1) is 21.4. The van der Waals surface area contributed by atoms with E-state index in [0.29, 0.717) is 41.9 Å². The van der Waals surface area contributed by atoms with E-state index >= 15 is 0 Å². The van der Waals surface area contributed by atoms with Crippen molar-refractivity contribution >= 4 is 22.7 Å². The van der Waals surface area contributed by atoms with E-state index in [4.69, 9.17) is 13.9 Å². The van der Waals surface area contributed by atoms with E-state index < -0.39 is 0 Å². The average Bonchev–Trinajstić information content (AvgIpc) is 3.18. The van der Waals surface area contributed by atoms with E-state index in [1.54, 1.807) is 18.2 Å². The summed E-state index contributed by atoms with van der Waals surface area (Å²) in [6, 6.07) is 16.8. The molecule has 0 radical (unpaired) electrons. The van der Waals surface area contributed by atoms with Gasteiger partial charge in [-0.1, -0.05) is 12.1 Å². The van der Waals surface area contributed by atoms with E-state index in [0.717, 1.165) is 27.8 Å². The molecule has 0 aliphatic heterocycles. The Kier molecular flexibility index (Phi) is 6.12. The minimum atomic E-state index is -0.249. The highest BCUT2D eigenvalue weighted by Crippen LogP contribution is 2.31. The molecule has 0 unspecified atom stereocenters. The van der Waals surface area contributed by atoms with Crippen LogP contribution in [0.2, 0.25) is 0 Å². The molecule has 0 aliphatic carbocycles. The topological polar surface area (TPSA) is 73.6 Å². The lowest BCUT2D eigenvalue weighted by Crippen LogP contribution is -2.13. The van der Waals surface area contributed by atoms with Crippen LogP contribution in [0.5, 0.6) is 11.5 Å². The van der Waals surface area contributed by atoms with Gasteiger partial charge in [0, 0.05) is 22.9 Å². The molecule has 0 atom stereocenters. The highest BCUT2D eigenvalue weighted by atomic mass is 16.5. The van der Waals surface area contributed by atoms with Crippen molar-refractivity contribution < 1.29 is 18.7 Å². The Bertz CT molecular complexity index is 1250. The summed E-state index contributed by atoms with van der Waals surface area (Å²) in [5.74, 6) is 1.46. The third-order valence-electron chi connectivity index (χ3n) is 5.12. The first-order valence-electron chi connectivity index (χ1n) is 10.7. The van der Waals surface area contributed by atoms with Crippen LogP contribution in [0, 0.1) is 13.8 Å². The standard InChI is InChI=1S/C26H26N2O4/c1-5-30-19-13-18(14-20(15-19)31-6-2)25(29)27-22-9-7-8-21(17(22)4)26-28-23-12-16(3)10-11-24(23)32-26/h7-15H,5-6H2,1-4H3,(H,27,29). The normalized spacial score (nSPS) is 10.9. The van der Waals surface area contributed by atoms with Crippen molar-refractivity contribution in [3.8, 4) is 23.0 Å². The van der Waals surface area contributed by atoms with Crippen LogP contribution in [-0.2, 0) is 0 Å². The summed E-state index contributed by atoms with van der Waals surface area (Å²) in [6.45, 7) is 8.76. The van der Waals surface area contributed by atoms with Crippen molar-refractivity contribution in [1.82, 2.24) is 4.98 Å². The molecule has 0 fully saturated rings. The Morgan fingerprint density at radius 3 is 2.38 bits per heavy atom. The zero-order valence-electron chi connectivity index (χ0n) is 18.7. The van der Waals surface area contributed by atoms with Crippen molar-refractivity contribution in [3.63, 3.8) is 0 Å². The molecule has 32 heavy (non-hydrogen) atoms. The summed E-state index contributed by atoms with van der Waals surface area (Å²) in [4.78, 5) is 17.7. The number of amides is 1. The monoisotopic (exact) mass is 430 g/mol. The van der Waals surface area contributed by atoms with Crippen molar-refractivity contribution in [1.29, 1.82) is 0 Å². The number of nitrogens with one attached hydrogen (secondary N) is 1. The third-order valence-corrected chi connectivity index (χ3v) is 5.12. The quantitative estimate of drug-likeness (QED) is 0.380. The minimum absolute atomic E-state index is 0.249. The molecule has 4 aromatic rings. The van der Waals surface area contributed by atoms with E-state index in [1.165, 1.54) is 0 Å². The zero-order valence-corrected chi connectivity index (χ0v) is 18.7. The average molecular weight is 431 g/mol. The lowest BCUT2D eigenvalue weighted by Gasteiger charge is -2.13. The molecule has 6 nitrogen and oxygen atoms in total. The van der Waals surface area contributed by atoms with Gasteiger partial charge < -0.3 is 19.2 Å². The van der Waals surface area contributed by atoms with Crippen LogP contribution < -0.4 is 14.8 Å². The third kappa shape index (κ3) is 4.44. The van der Waals surface area contributed by atoms with Crippen molar-refractivity contribution in [2.45, 2.75) is 27.7 Å². The number of hydrogen-bond donors (Lipinski definition) is 1. The first-order valence-corrected chi connectivity index (χ1v) is 10.7. The van der Waals surface area contributed by atoms with Crippen LogP contribution in [0.4, 0.5) is 5.69 Å². The molecule has 164 valence electrons. The van der Waals surface area contributed by atoms with Crippen LogP contribution in [0.3, 0.4) is 0 Å². The molecular formula is C26H26N2O4. The van der Waals surface area contributed by atoms with Gasteiger partial charge in [0.2, 0.25) is 5.89 Å². The smallest absolute Gasteiger partial charge is 0.255 e. The second-order valence-electron chi connectivity index (χ2n) is 7.48. The number of aryl methyl sites for hydroxylation is 1. The number of nitrogens with zero attached hydrogens (tertiary/aromatic N) is 1. The number of benzene rings is 3. The van der Waals surface area contributed by atoms with Gasteiger partial charge in [-0.25, -0.2) is 4.98 Å². The summed E-state index contributed by atoms with van der Waals surface area (Å²) in [5, 5.41) is 3.00. The SMILES string of the molecule is CCOc1cc(OCC)cc(C(=O)Nc2cccc(-c3nc4cc(C)ccc4o3)c2C)c1. The maximum atomic E-state index is 13.0. The van der Waals surface area contributed by atoms with Gasteiger partial charge in [-0.15, -0.1) is 0 Å². The number of aromatic nitrogens is 1. The number of carbonyl (C=O) groups is 1. The van der Waals surface area contributed by atoms with Crippen LogP contribution in [-0.4, -0.2) is 24.1 Å². The molecule has 0 aliphatic rings. The first-order chi connectivity index (χ1) is 15.5. The van der Waals surface area contributed by atoms with Crippen molar-refractivity contribution in [2.24, 2.45) is 0 Å². The molecule has 1 heterocycles. The highest BCUT2D eigenvalue weighted by molar-refractivity contribution is 6.05. The zero-order chi connectivity index (χ0) is 22.7. The van der Waals surface area contributed by atoms with Crippen LogP contribution in [0.25, 0.3) is 22.6 Å². The Labute approximate surface area is 187 Å². The fourth-order valence-electron chi connectivity index (χ4n) is 3.55. The number of fused-ring (bicyclic) bond motifs is 1. The molecule has 1 amide bonds. The number of oxazole rings is 1. The van der Waals surface area contributed by atoms with Gasteiger partial charge >= 0.3 is 0 Å². The maximum Gasteiger partial charge on any atom is 0.255 e. The fourth-order valence-corrected chi connectivity index (χ4v) is 3.55. The second-order valence-corrected chi connectivity index (χ2v) is 7.48. The van der Waals surface area contributed by atoms with Gasteiger partial charge in [-0.05, 0) is 75.2 Å². The molecule has 6 heteroatoms. The number of ether oxygens (including phenoxy) is 2. The fraction of sp³-hybridized carbons (Fsp3) is 0.231. The summed E-state index contributed by atoms with van der Waals surface area (Å²) in [6.07, 6.45) is 0. The molecule has 0 spiro atoms. The van der Waals surface area contributed by atoms with Gasteiger partial charge in [-0.2, -0.15) is 0 Å². The van der Waals surface area contributed by atoms with Crippen LogP contribution in [0.15, 0.2) is 59.0 Å². The molecule has 3 aromatic carbocycles. The summed E-state index contributed by atoms with van der Waals surface area (Å²) in [5.41, 5.74) is 5.51. The van der Waals surface area contributed by atoms with E-state index in [2.05, 4.69) is 10.3 Å². The van der Waals surface area contributed by atoms with Gasteiger partial charge in [0.05, 0.1) is 13.2 Å². The van der Waals surface area contributed by atoms with E-state index in [9.17, 15) is 4.79 Å². The molecule has 0 saturated carbocycles. The number of rotatable bonds is 7. The van der Waals surface area contributed by atoms with Crippen molar-refractivity contribution in [3.05, 3.63) is 71.3 Å². The molecule has 4 rings (SSSR count). The Morgan fingerprint density at radius 2 is 1.69 bits per heavy atom. The number of hydrogen-bond acceptors (Lipinski definition) is 5. The predicted molar refractivity (Wildman–Crippen MR) is 126 cm³/mol. The van der Waals surface area contributed by atoms with Gasteiger partial charge in [0.1, 0.15) is 17.0 Å². The lowest BCUT2D eigenvalue weighted by molar-refractivity contribution is 0.102. The Morgan fingerprint density at radius 1 is 0.969 bits per heavy atom. The predicted octanol–water partition coefficient (Wildman–Crippen LogP) is 6.16. The second kappa shape index (κ2) is 9.14. The molecule has 0 bridgehead atoms. The largest absolute Gasteiger partial charge is 0.494 e. The Balaban J connectivity index is 1.64. The molecule has 0 saturated heterocycles. The summed E-state index contributed by atoms with van der Waals surface area (Å²) < 4.78 is 17.1. The van der Waals surface area contributed by atoms with E-state index in [-0.39, 0.29) is 5.91 Å². The minimum Gasteiger partial charge on any atom is -0.494 e. The van der Waals surface area contributed by atoms with Crippen LogP contribution >= 0.6 is 0 Å². The molecule has 1 aromatic heterocycles. The molecule has 1 N–H and O–H groups in total. The Hall–Kier alpha value is -3.80. The van der Waals surface area contributed by atoms with E-state index in [1.807, 2.05) is 64.1 Å². The van der Waals surface area contributed by atoms with Gasteiger partial charge in [0.15, 0.2) is 5.58 Å². The highest BCUT2D eigenvalue weighted by Gasteiger charge is 2.16. The van der Waals surface area contributed by atoms with Gasteiger partial charge in [0.25, 0.3) is 5.91 Å². The summed E-state index contributed by atoms with van der Waals surface area (Å²) >= 11 is 0. The van der Waals surface area contributed by atoms with Crippen molar-refractivity contribution in [2.75, 3.05) is 18.5 Å². The molecular weight excluding hydrogens is 404 g/mol. The van der Waals surface area contributed by atoms with Gasteiger partial charge in [-0.3, -0.25) is 4.79 Å². The van der Waals surface area contributed by atoms with Crippen LogP contribution in [0.1, 0.15) is 35.3 Å². The number of anilines is 1. The lowest BCUT2D eigenvalue weighted by atomic mass is 10.1. The number of carbonyl (C=O) groups excluding carboxylic acids is 1.